The zero-order valence-corrected chi connectivity index (χ0v) is 8.35. The van der Waals surface area contributed by atoms with E-state index in [4.69, 9.17) is 14.1 Å². The normalized spacial score (nSPS) is 4.00. The molecule has 0 saturated heterocycles. The van der Waals surface area contributed by atoms with Crippen LogP contribution < -0.4 is 39.1 Å². The van der Waals surface area contributed by atoms with Crippen LogP contribution >= 0.6 is 0 Å². The summed E-state index contributed by atoms with van der Waals surface area (Å²) < 4.78 is 8.52. The van der Waals surface area contributed by atoms with Crippen LogP contribution in [0.3, 0.4) is 0 Å². The summed E-state index contributed by atoms with van der Waals surface area (Å²) in [6.07, 6.45) is 0. The SMILES string of the molecule is O=[Si]([O-])[O-].[Gd+3].[Na+]. The molecular formula is GdNaO3Si+2. The van der Waals surface area contributed by atoms with E-state index in [0.29, 0.717) is 0 Å². The zero-order chi connectivity index (χ0) is 3.58. The van der Waals surface area contributed by atoms with Crippen molar-refractivity contribution < 1.29 is 83.6 Å². The molecule has 29 valence electrons. The Morgan fingerprint density at radius 1 is 1.33 bits per heavy atom. The Morgan fingerprint density at radius 3 is 1.33 bits per heavy atom. The molecule has 0 aliphatic rings. The van der Waals surface area contributed by atoms with Crippen LogP contribution in [0.25, 0.3) is 0 Å². The van der Waals surface area contributed by atoms with Gasteiger partial charge in [-0.3, -0.25) is 0 Å². The fraction of sp³-hybridized carbons (Fsp3) is 0. The predicted octanol–water partition coefficient (Wildman–Crippen LogP) is -5.87. The summed E-state index contributed by atoms with van der Waals surface area (Å²) in [5, 5.41) is 0. The Balaban J connectivity index is -0.0000000450. The van der Waals surface area contributed by atoms with Gasteiger partial charge >= 0.3 is 69.5 Å². The van der Waals surface area contributed by atoms with E-state index in [0.717, 1.165) is 0 Å². The summed E-state index contributed by atoms with van der Waals surface area (Å²) in [6.45, 7) is 0. The first-order chi connectivity index (χ1) is 1.73. The largest absolute Gasteiger partial charge is 3.00 e. The molecule has 6 heteroatoms. The number of hydrogen-bond donors (Lipinski definition) is 0. The Labute approximate surface area is 91.0 Å². The van der Waals surface area contributed by atoms with Gasteiger partial charge in [0, 0.05) is 9.17 Å². The van der Waals surface area contributed by atoms with Crippen LogP contribution in [0, 0.1) is 39.9 Å². The molecule has 0 fully saturated rings. The van der Waals surface area contributed by atoms with Gasteiger partial charge in [-0.25, -0.2) is 0 Å². The Bertz CT molecular complexity index is 33.8. The molecule has 0 N–H and O–H groups in total. The van der Waals surface area contributed by atoms with E-state index in [1.54, 1.807) is 0 Å². The van der Waals surface area contributed by atoms with Crippen molar-refractivity contribution in [2.75, 3.05) is 0 Å². The summed E-state index contributed by atoms with van der Waals surface area (Å²) in [5.74, 6) is 0. The van der Waals surface area contributed by atoms with Crippen molar-refractivity contribution in [3.63, 3.8) is 0 Å². The summed E-state index contributed by atoms with van der Waals surface area (Å²) in [5.41, 5.74) is 0. The zero-order valence-electron chi connectivity index (χ0n) is 3.08. The molecule has 0 aromatic heterocycles. The first-order valence-corrected chi connectivity index (χ1v) is 1.84. The third kappa shape index (κ3) is 38.5. The van der Waals surface area contributed by atoms with Gasteiger partial charge in [0.05, 0.1) is 0 Å². The van der Waals surface area contributed by atoms with Gasteiger partial charge in [0.25, 0.3) is 0 Å². The van der Waals surface area contributed by atoms with Crippen molar-refractivity contribution >= 4 is 9.17 Å². The molecule has 0 aliphatic heterocycles. The third-order valence-electron chi connectivity index (χ3n) is 0. The third-order valence-corrected chi connectivity index (χ3v) is 0. The van der Waals surface area contributed by atoms with E-state index < -0.39 is 9.17 Å². The van der Waals surface area contributed by atoms with Crippen molar-refractivity contribution in [2.45, 2.75) is 0 Å². The maximum Gasteiger partial charge on any atom is 3.00 e. The maximum atomic E-state index is 8.52. The number of hydrogen-bond acceptors (Lipinski definition) is 3. The van der Waals surface area contributed by atoms with E-state index in [9.17, 15) is 0 Å². The average molecular weight is 256 g/mol. The van der Waals surface area contributed by atoms with E-state index in [2.05, 4.69) is 0 Å². The second-order valence-corrected chi connectivity index (χ2v) is 0.750. The topological polar surface area (TPSA) is 63.2 Å². The van der Waals surface area contributed by atoms with Crippen molar-refractivity contribution in [3.8, 4) is 0 Å². The Hall–Kier alpha value is 1.94. The number of rotatable bonds is 0. The van der Waals surface area contributed by atoms with Gasteiger partial charge in [0.1, 0.15) is 0 Å². The molecule has 0 aliphatic carbocycles. The molecule has 0 amide bonds. The van der Waals surface area contributed by atoms with Gasteiger partial charge in [0.2, 0.25) is 0 Å². The van der Waals surface area contributed by atoms with E-state index in [1.165, 1.54) is 0 Å². The molecule has 0 atom stereocenters. The monoisotopic (exact) mass is 257 g/mol. The average Bonchev–Trinajstić information content (AvgIpc) is 0.811. The first-order valence-electron chi connectivity index (χ1n) is 0.612. The first kappa shape index (κ1) is 15.7. The van der Waals surface area contributed by atoms with Gasteiger partial charge in [-0.15, -0.1) is 0 Å². The van der Waals surface area contributed by atoms with Crippen LogP contribution in [0.15, 0.2) is 0 Å². The summed E-state index contributed by atoms with van der Waals surface area (Å²) in [6, 6.07) is 0. The van der Waals surface area contributed by atoms with E-state index in [1.807, 2.05) is 0 Å². The molecule has 1 radical (unpaired) electrons. The predicted molar refractivity (Wildman–Crippen MR) is 6.44 cm³/mol. The van der Waals surface area contributed by atoms with Gasteiger partial charge in [-0.2, -0.15) is 0 Å². The molecule has 0 saturated carbocycles. The molecule has 0 bridgehead atoms. The fourth-order valence-corrected chi connectivity index (χ4v) is 0. The standard InChI is InChI=1S/Gd.Na.O3Si/c;;1-4(2)3/q+3;+1;-2. The summed E-state index contributed by atoms with van der Waals surface area (Å²) in [7, 11) is -3.63. The van der Waals surface area contributed by atoms with Crippen molar-refractivity contribution in [2.24, 2.45) is 0 Å². The van der Waals surface area contributed by atoms with Gasteiger partial charge in [-0.1, -0.05) is 0 Å². The van der Waals surface area contributed by atoms with Gasteiger partial charge < -0.3 is 14.1 Å². The van der Waals surface area contributed by atoms with Crippen LogP contribution in [-0.4, -0.2) is 9.17 Å². The van der Waals surface area contributed by atoms with Crippen LogP contribution in [0.1, 0.15) is 0 Å². The minimum atomic E-state index is -3.63. The molecule has 0 spiro atoms. The molecule has 0 heterocycles. The van der Waals surface area contributed by atoms with Crippen LogP contribution in [0.4, 0.5) is 0 Å². The molecular weight excluding hydrogens is 256 g/mol. The van der Waals surface area contributed by atoms with Gasteiger partial charge in [0.15, 0.2) is 0 Å². The molecule has 0 aromatic carbocycles. The molecule has 6 heavy (non-hydrogen) atoms. The summed E-state index contributed by atoms with van der Waals surface area (Å²) >= 11 is 0. The molecule has 0 rings (SSSR count). The van der Waals surface area contributed by atoms with Crippen LogP contribution in [0.5, 0.6) is 0 Å². The molecule has 3 nitrogen and oxygen atoms in total. The fourth-order valence-electron chi connectivity index (χ4n) is 0. The molecule has 0 unspecified atom stereocenters. The van der Waals surface area contributed by atoms with E-state index in [-0.39, 0.29) is 69.5 Å². The van der Waals surface area contributed by atoms with Crippen molar-refractivity contribution in [1.82, 2.24) is 0 Å². The van der Waals surface area contributed by atoms with Crippen molar-refractivity contribution in [3.05, 3.63) is 0 Å². The van der Waals surface area contributed by atoms with Gasteiger partial charge in [-0.05, 0) is 0 Å². The second kappa shape index (κ2) is 10.0. The van der Waals surface area contributed by atoms with Crippen LogP contribution in [0.2, 0.25) is 0 Å². The second-order valence-electron chi connectivity index (χ2n) is 0.250. The Morgan fingerprint density at radius 2 is 1.33 bits per heavy atom. The van der Waals surface area contributed by atoms with Crippen molar-refractivity contribution in [1.29, 1.82) is 0 Å². The smallest absolute Gasteiger partial charge is 0.672 e. The van der Waals surface area contributed by atoms with Crippen LogP contribution in [-0.2, 0) is 4.46 Å². The quantitative estimate of drug-likeness (QED) is 0.406. The van der Waals surface area contributed by atoms with E-state index >= 15 is 0 Å². The minimum absolute atomic E-state index is 0. The molecule has 0 aromatic rings. The Kier molecular flexibility index (Phi) is 26.2. The maximum absolute atomic E-state index is 8.52. The summed E-state index contributed by atoms with van der Waals surface area (Å²) in [4.78, 5) is 17.0. The minimum Gasteiger partial charge on any atom is -0.672 e.